The van der Waals surface area contributed by atoms with E-state index in [0.717, 1.165) is 25.9 Å². The van der Waals surface area contributed by atoms with E-state index in [1.165, 1.54) is 20.5 Å². The summed E-state index contributed by atoms with van der Waals surface area (Å²) in [7, 11) is 0. The summed E-state index contributed by atoms with van der Waals surface area (Å²) in [5, 5.41) is 4.52. The van der Waals surface area contributed by atoms with Gasteiger partial charge in [0, 0.05) is 15.5 Å². The van der Waals surface area contributed by atoms with Gasteiger partial charge in [0.25, 0.3) is 0 Å². The first-order chi connectivity index (χ1) is 11.6. The minimum absolute atomic E-state index is 0.0543. The highest BCUT2D eigenvalue weighted by Crippen LogP contribution is 2.34. The van der Waals surface area contributed by atoms with E-state index in [9.17, 15) is 4.79 Å². The number of benzene rings is 1. The van der Waals surface area contributed by atoms with Crippen molar-refractivity contribution in [2.45, 2.75) is 32.7 Å². The number of rotatable bonds is 4. The van der Waals surface area contributed by atoms with Crippen LogP contribution in [0.2, 0.25) is 0 Å². The van der Waals surface area contributed by atoms with Gasteiger partial charge in [-0.05, 0) is 56.8 Å². The maximum absolute atomic E-state index is 12.6. The maximum atomic E-state index is 12.6. The molecule has 1 amide bonds. The highest BCUT2D eigenvalue weighted by atomic mass is 32.1. The molecule has 3 nitrogen and oxygen atoms in total. The molecule has 0 spiro atoms. The smallest absolute Gasteiger partial charge is 0.223 e. The molecule has 2 heterocycles. The number of carbonyl (C=O) groups excluding carboxylic acids is 1. The molecule has 1 aromatic carbocycles. The number of likely N-dealkylation sites (tertiary alicyclic amines) is 1. The highest BCUT2D eigenvalue weighted by Gasteiger charge is 2.26. The van der Waals surface area contributed by atoms with Crippen LogP contribution in [0, 0.1) is 25.2 Å². The third-order valence-corrected chi connectivity index (χ3v) is 6.36. The first-order valence-electron chi connectivity index (χ1n) is 8.54. The van der Waals surface area contributed by atoms with E-state index in [1.807, 2.05) is 0 Å². The van der Waals surface area contributed by atoms with Gasteiger partial charge in [-0.25, -0.2) is 0 Å². The third kappa shape index (κ3) is 3.48. The lowest BCUT2D eigenvalue weighted by atomic mass is 9.95. The fourth-order valence-corrected chi connectivity index (χ4v) is 4.70. The van der Waals surface area contributed by atoms with Gasteiger partial charge >= 0.3 is 0 Å². The van der Waals surface area contributed by atoms with Crippen molar-refractivity contribution in [2.24, 2.45) is 5.92 Å². The molecule has 1 saturated heterocycles. The molecule has 1 fully saturated rings. The van der Waals surface area contributed by atoms with Crippen molar-refractivity contribution >= 4 is 27.3 Å². The lowest BCUT2D eigenvalue weighted by Gasteiger charge is -2.30. The summed E-state index contributed by atoms with van der Waals surface area (Å²) in [6, 6.07) is 8.49. The average Bonchev–Trinajstić information content (AvgIpc) is 2.93. The van der Waals surface area contributed by atoms with Gasteiger partial charge in [0.15, 0.2) is 0 Å². The number of fused-ring (bicyclic) bond motifs is 1. The predicted octanol–water partition coefficient (Wildman–Crippen LogP) is 3.73. The zero-order valence-corrected chi connectivity index (χ0v) is 15.2. The SMILES string of the molecule is C#CCN1CCC(C(=O)NC(C)c2sc3ccccc3c2C)CC1. The van der Waals surface area contributed by atoms with E-state index in [4.69, 9.17) is 6.42 Å². The molecular formula is C20H24N2OS. The molecule has 1 N–H and O–H groups in total. The van der Waals surface area contributed by atoms with Crippen molar-refractivity contribution in [1.29, 1.82) is 0 Å². The molecular weight excluding hydrogens is 316 g/mol. The van der Waals surface area contributed by atoms with Gasteiger partial charge in [-0.2, -0.15) is 0 Å². The van der Waals surface area contributed by atoms with Crippen LogP contribution in [0.1, 0.15) is 36.2 Å². The molecule has 0 radical (unpaired) electrons. The normalized spacial score (nSPS) is 17.5. The van der Waals surface area contributed by atoms with Crippen molar-refractivity contribution in [3.63, 3.8) is 0 Å². The molecule has 3 rings (SSSR count). The van der Waals surface area contributed by atoms with E-state index in [1.54, 1.807) is 11.3 Å². The number of piperidine rings is 1. The van der Waals surface area contributed by atoms with Crippen molar-refractivity contribution in [2.75, 3.05) is 19.6 Å². The van der Waals surface area contributed by atoms with Crippen LogP contribution < -0.4 is 5.32 Å². The Hall–Kier alpha value is -1.83. The fraction of sp³-hybridized carbons (Fsp3) is 0.450. The van der Waals surface area contributed by atoms with Crippen LogP contribution in [0.4, 0.5) is 0 Å². The fourth-order valence-electron chi connectivity index (χ4n) is 3.49. The van der Waals surface area contributed by atoms with Crippen LogP contribution in [0.3, 0.4) is 0 Å². The molecule has 0 saturated carbocycles. The predicted molar refractivity (Wildman–Crippen MR) is 101 cm³/mol. The highest BCUT2D eigenvalue weighted by molar-refractivity contribution is 7.19. The van der Waals surface area contributed by atoms with Crippen LogP contribution in [0.25, 0.3) is 10.1 Å². The van der Waals surface area contributed by atoms with Crippen LogP contribution >= 0.6 is 11.3 Å². The number of thiophene rings is 1. The zero-order valence-electron chi connectivity index (χ0n) is 14.3. The summed E-state index contributed by atoms with van der Waals surface area (Å²) in [6.45, 7) is 6.75. The minimum atomic E-state index is 0.0543. The zero-order chi connectivity index (χ0) is 17.1. The summed E-state index contributed by atoms with van der Waals surface area (Å²) in [5.41, 5.74) is 1.28. The number of hydrogen-bond donors (Lipinski definition) is 1. The van der Waals surface area contributed by atoms with Crippen LogP contribution in [0.5, 0.6) is 0 Å². The monoisotopic (exact) mass is 340 g/mol. The summed E-state index contributed by atoms with van der Waals surface area (Å²) in [5.74, 6) is 2.97. The van der Waals surface area contributed by atoms with Crippen molar-refractivity contribution in [3.8, 4) is 12.3 Å². The van der Waals surface area contributed by atoms with Gasteiger partial charge in [0.1, 0.15) is 0 Å². The third-order valence-electron chi connectivity index (χ3n) is 4.91. The van der Waals surface area contributed by atoms with E-state index >= 15 is 0 Å². The van der Waals surface area contributed by atoms with Gasteiger partial charge in [0.2, 0.25) is 5.91 Å². The standard InChI is InChI=1S/C20H24N2OS/c1-4-11-22-12-9-16(10-13-22)20(23)21-15(3)19-14(2)17-7-5-6-8-18(17)24-19/h1,5-8,15-16H,9-13H2,2-3H3,(H,21,23). The number of amides is 1. The Bertz CT molecular complexity index is 766. The van der Waals surface area contributed by atoms with E-state index in [0.29, 0.717) is 6.54 Å². The molecule has 24 heavy (non-hydrogen) atoms. The van der Waals surface area contributed by atoms with Gasteiger partial charge in [-0.3, -0.25) is 9.69 Å². The van der Waals surface area contributed by atoms with Crippen molar-refractivity contribution < 1.29 is 4.79 Å². The second-order valence-electron chi connectivity index (χ2n) is 6.57. The molecule has 4 heteroatoms. The Morgan fingerprint density at radius 2 is 2.12 bits per heavy atom. The van der Waals surface area contributed by atoms with Crippen LogP contribution in [0.15, 0.2) is 24.3 Å². The first-order valence-corrected chi connectivity index (χ1v) is 9.36. The number of terminal acetylenes is 1. The lowest BCUT2D eigenvalue weighted by molar-refractivity contribution is -0.127. The molecule has 126 valence electrons. The summed E-state index contributed by atoms with van der Waals surface area (Å²) in [4.78, 5) is 16.1. The number of nitrogens with one attached hydrogen (secondary N) is 1. The summed E-state index contributed by atoms with van der Waals surface area (Å²) >= 11 is 1.78. The Morgan fingerprint density at radius 3 is 2.79 bits per heavy atom. The van der Waals surface area contributed by atoms with Crippen LogP contribution in [-0.2, 0) is 4.79 Å². The molecule has 1 aliphatic rings. The largest absolute Gasteiger partial charge is 0.349 e. The average molecular weight is 340 g/mol. The minimum Gasteiger partial charge on any atom is -0.349 e. The number of aryl methyl sites for hydroxylation is 1. The van der Waals surface area contributed by atoms with E-state index in [2.05, 4.69) is 54.3 Å². The molecule has 0 aliphatic carbocycles. The Morgan fingerprint density at radius 1 is 1.42 bits per heavy atom. The lowest BCUT2D eigenvalue weighted by Crippen LogP contribution is -2.41. The van der Waals surface area contributed by atoms with Gasteiger partial charge < -0.3 is 5.32 Å². The summed E-state index contributed by atoms with van der Waals surface area (Å²) in [6.07, 6.45) is 7.15. The van der Waals surface area contributed by atoms with Crippen molar-refractivity contribution in [3.05, 3.63) is 34.7 Å². The molecule has 1 atom stereocenters. The maximum Gasteiger partial charge on any atom is 0.223 e. The second kappa shape index (κ2) is 7.38. The van der Waals surface area contributed by atoms with Gasteiger partial charge in [-0.1, -0.05) is 24.1 Å². The van der Waals surface area contributed by atoms with Gasteiger partial charge in [0.05, 0.1) is 12.6 Å². The second-order valence-corrected chi connectivity index (χ2v) is 7.66. The number of hydrogen-bond acceptors (Lipinski definition) is 3. The Kier molecular flexibility index (Phi) is 5.23. The molecule has 0 bridgehead atoms. The van der Waals surface area contributed by atoms with E-state index in [-0.39, 0.29) is 17.9 Å². The van der Waals surface area contributed by atoms with Gasteiger partial charge in [-0.15, -0.1) is 17.8 Å². The number of carbonyl (C=O) groups is 1. The molecule has 2 aromatic rings. The quantitative estimate of drug-likeness (QED) is 0.860. The molecule has 1 aromatic heterocycles. The van der Waals surface area contributed by atoms with Crippen molar-refractivity contribution in [1.82, 2.24) is 10.2 Å². The van der Waals surface area contributed by atoms with E-state index < -0.39 is 0 Å². The topological polar surface area (TPSA) is 32.3 Å². The molecule has 1 unspecified atom stereocenters. The van der Waals surface area contributed by atoms with Crippen LogP contribution in [-0.4, -0.2) is 30.4 Å². The summed E-state index contributed by atoms with van der Waals surface area (Å²) < 4.78 is 1.29. The Balaban J connectivity index is 1.64. The number of nitrogens with zero attached hydrogens (tertiary/aromatic N) is 1. The Labute approximate surface area is 148 Å². The first kappa shape index (κ1) is 17.0. The molecule has 1 aliphatic heterocycles.